The Labute approximate surface area is 150 Å². The second-order valence-corrected chi connectivity index (χ2v) is 7.23. The SMILES string of the molecule is COc1ccc2c(ccn2S(=O)(=O)c2ccc(/C=C/C(=O)NO)cc2)c1. The number of nitrogens with one attached hydrogen (secondary N) is 1. The van der Waals surface area contributed by atoms with Crippen LogP contribution in [0.4, 0.5) is 0 Å². The lowest BCUT2D eigenvalue weighted by atomic mass is 10.2. The molecule has 0 atom stereocenters. The van der Waals surface area contributed by atoms with Gasteiger partial charge < -0.3 is 4.74 Å². The quantitative estimate of drug-likeness (QED) is 0.407. The van der Waals surface area contributed by atoms with Gasteiger partial charge in [0.2, 0.25) is 0 Å². The highest BCUT2D eigenvalue weighted by molar-refractivity contribution is 7.90. The molecule has 0 aliphatic heterocycles. The molecule has 0 spiro atoms. The van der Waals surface area contributed by atoms with Crippen LogP contribution in [0.3, 0.4) is 0 Å². The molecule has 3 rings (SSSR count). The van der Waals surface area contributed by atoms with Gasteiger partial charge in [-0.25, -0.2) is 17.9 Å². The molecule has 0 saturated carbocycles. The Kier molecular flexibility index (Phi) is 4.79. The third-order valence-electron chi connectivity index (χ3n) is 3.84. The molecule has 0 saturated heterocycles. The second-order valence-electron chi connectivity index (χ2n) is 5.42. The molecule has 0 bridgehead atoms. The van der Waals surface area contributed by atoms with E-state index in [0.717, 1.165) is 11.5 Å². The largest absolute Gasteiger partial charge is 0.497 e. The average Bonchev–Trinajstić information content (AvgIpc) is 3.10. The Balaban J connectivity index is 1.96. The summed E-state index contributed by atoms with van der Waals surface area (Å²) in [4.78, 5) is 11.1. The van der Waals surface area contributed by atoms with Crippen molar-refractivity contribution in [2.45, 2.75) is 4.90 Å². The molecule has 134 valence electrons. The van der Waals surface area contributed by atoms with E-state index in [-0.39, 0.29) is 4.90 Å². The van der Waals surface area contributed by atoms with Crippen molar-refractivity contribution in [1.82, 2.24) is 9.45 Å². The minimum atomic E-state index is -3.76. The molecule has 8 heteroatoms. The third kappa shape index (κ3) is 3.32. The number of amides is 1. The summed E-state index contributed by atoms with van der Waals surface area (Å²) in [5.41, 5.74) is 2.65. The molecule has 2 aromatic carbocycles. The smallest absolute Gasteiger partial charge is 0.268 e. The maximum Gasteiger partial charge on any atom is 0.268 e. The summed E-state index contributed by atoms with van der Waals surface area (Å²) in [7, 11) is -2.21. The van der Waals surface area contributed by atoms with Crippen LogP contribution in [0.25, 0.3) is 17.0 Å². The molecule has 2 N–H and O–H groups in total. The summed E-state index contributed by atoms with van der Waals surface area (Å²) < 4.78 is 32.2. The number of carbonyl (C=O) groups excluding carboxylic acids is 1. The number of hydroxylamine groups is 1. The lowest BCUT2D eigenvalue weighted by molar-refractivity contribution is -0.124. The Morgan fingerprint density at radius 3 is 2.54 bits per heavy atom. The van der Waals surface area contributed by atoms with Gasteiger partial charge in [-0.3, -0.25) is 10.0 Å². The van der Waals surface area contributed by atoms with E-state index in [9.17, 15) is 13.2 Å². The van der Waals surface area contributed by atoms with Crippen molar-refractivity contribution in [1.29, 1.82) is 0 Å². The van der Waals surface area contributed by atoms with Gasteiger partial charge in [0.25, 0.3) is 15.9 Å². The summed E-state index contributed by atoms with van der Waals surface area (Å²) in [6.07, 6.45) is 4.09. The van der Waals surface area contributed by atoms with Crippen LogP contribution in [0.5, 0.6) is 5.75 Å². The maximum atomic E-state index is 12.9. The Morgan fingerprint density at radius 2 is 1.88 bits per heavy atom. The highest BCUT2D eigenvalue weighted by Crippen LogP contribution is 2.25. The van der Waals surface area contributed by atoms with E-state index in [2.05, 4.69) is 0 Å². The predicted molar refractivity (Wildman–Crippen MR) is 96.5 cm³/mol. The fourth-order valence-corrected chi connectivity index (χ4v) is 3.86. The van der Waals surface area contributed by atoms with Crippen LogP contribution >= 0.6 is 0 Å². The number of methoxy groups -OCH3 is 1. The number of hydrogen-bond acceptors (Lipinski definition) is 5. The number of ether oxygens (including phenoxy) is 1. The number of fused-ring (bicyclic) bond motifs is 1. The van der Waals surface area contributed by atoms with E-state index in [0.29, 0.717) is 16.8 Å². The molecule has 0 radical (unpaired) electrons. The van der Waals surface area contributed by atoms with Crippen molar-refractivity contribution in [3.63, 3.8) is 0 Å². The van der Waals surface area contributed by atoms with Crippen LogP contribution in [-0.4, -0.2) is 30.6 Å². The van der Waals surface area contributed by atoms with Crippen LogP contribution in [0, 0.1) is 0 Å². The first-order chi connectivity index (χ1) is 12.5. The van der Waals surface area contributed by atoms with Gasteiger partial charge in [0.05, 0.1) is 17.5 Å². The van der Waals surface area contributed by atoms with Gasteiger partial charge in [0, 0.05) is 17.7 Å². The van der Waals surface area contributed by atoms with Crippen LogP contribution in [0.1, 0.15) is 5.56 Å². The maximum absolute atomic E-state index is 12.9. The number of benzene rings is 2. The van der Waals surface area contributed by atoms with Crippen molar-refractivity contribution in [2.75, 3.05) is 7.11 Å². The van der Waals surface area contributed by atoms with E-state index < -0.39 is 15.9 Å². The Hall–Kier alpha value is -3.10. The topological polar surface area (TPSA) is 97.6 Å². The number of rotatable bonds is 5. The Morgan fingerprint density at radius 1 is 1.15 bits per heavy atom. The molecule has 26 heavy (non-hydrogen) atoms. The molecule has 1 amide bonds. The third-order valence-corrected chi connectivity index (χ3v) is 5.54. The standard InChI is InChI=1S/C18H16N2O5S/c1-25-15-5-8-17-14(12-15)10-11-20(17)26(23,24)16-6-2-13(3-7-16)4-9-18(21)19-22/h2-12,22H,1H3,(H,19,21)/b9-4+. The lowest BCUT2D eigenvalue weighted by Crippen LogP contribution is -2.14. The monoisotopic (exact) mass is 372 g/mol. The summed E-state index contributed by atoms with van der Waals surface area (Å²) in [5.74, 6) is -0.0216. The van der Waals surface area contributed by atoms with E-state index in [4.69, 9.17) is 9.94 Å². The zero-order chi connectivity index (χ0) is 18.7. The zero-order valence-corrected chi connectivity index (χ0v) is 14.6. The number of carbonyl (C=O) groups is 1. The molecular formula is C18H16N2O5S. The summed E-state index contributed by atoms with van der Waals surface area (Å²) >= 11 is 0. The molecule has 1 heterocycles. The molecule has 0 aliphatic carbocycles. The van der Waals surface area contributed by atoms with E-state index in [1.807, 2.05) is 0 Å². The molecule has 7 nitrogen and oxygen atoms in total. The zero-order valence-electron chi connectivity index (χ0n) is 13.8. The molecule has 0 aliphatic rings. The van der Waals surface area contributed by atoms with Gasteiger partial charge in [-0.05, 0) is 48.0 Å². The first-order valence-corrected chi connectivity index (χ1v) is 9.02. The average molecular weight is 372 g/mol. The number of aromatic nitrogens is 1. The molecule has 0 unspecified atom stereocenters. The van der Waals surface area contributed by atoms with Gasteiger partial charge in [-0.2, -0.15) is 0 Å². The van der Waals surface area contributed by atoms with E-state index >= 15 is 0 Å². The Bertz CT molecular complexity index is 1080. The summed E-state index contributed by atoms with van der Waals surface area (Å²) in [6, 6.07) is 12.9. The van der Waals surface area contributed by atoms with Crippen molar-refractivity contribution in [3.05, 3.63) is 66.4 Å². The fourth-order valence-electron chi connectivity index (χ4n) is 2.51. The summed E-state index contributed by atoms with van der Waals surface area (Å²) in [5, 5.41) is 9.20. The molecule has 0 fully saturated rings. The van der Waals surface area contributed by atoms with Gasteiger partial charge in [-0.1, -0.05) is 12.1 Å². The lowest BCUT2D eigenvalue weighted by Gasteiger charge is -2.08. The van der Waals surface area contributed by atoms with Crippen LogP contribution in [0.15, 0.2) is 65.7 Å². The van der Waals surface area contributed by atoms with Gasteiger partial charge >= 0.3 is 0 Å². The first kappa shape index (κ1) is 17.7. The van der Waals surface area contributed by atoms with Crippen molar-refractivity contribution >= 4 is 32.9 Å². The highest BCUT2D eigenvalue weighted by atomic mass is 32.2. The van der Waals surface area contributed by atoms with Gasteiger partial charge in [0.1, 0.15) is 5.75 Å². The molecule has 1 aromatic heterocycles. The molecule has 3 aromatic rings. The number of nitrogens with zero attached hydrogens (tertiary/aromatic N) is 1. The minimum Gasteiger partial charge on any atom is -0.497 e. The van der Waals surface area contributed by atoms with Gasteiger partial charge in [0.15, 0.2) is 0 Å². The normalized spacial score (nSPS) is 11.8. The highest BCUT2D eigenvalue weighted by Gasteiger charge is 2.18. The van der Waals surface area contributed by atoms with Crippen molar-refractivity contribution in [3.8, 4) is 5.75 Å². The van der Waals surface area contributed by atoms with Gasteiger partial charge in [-0.15, -0.1) is 0 Å². The fraction of sp³-hybridized carbons (Fsp3) is 0.0556. The summed E-state index contributed by atoms with van der Waals surface area (Å²) in [6.45, 7) is 0. The van der Waals surface area contributed by atoms with Crippen molar-refractivity contribution < 1.29 is 23.2 Å². The molecular weight excluding hydrogens is 356 g/mol. The van der Waals surface area contributed by atoms with E-state index in [1.165, 1.54) is 33.9 Å². The predicted octanol–water partition coefficient (Wildman–Crippen LogP) is 2.41. The van der Waals surface area contributed by atoms with E-state index in [1.54, 1.807) is 43.5 Å². The second kappa shape index (κ2) is 7.03. The van der Waals surface area contributed by atoms with Crippen LogP contribution in [-0.2, 0) is 14.8 Å². The minimum absolute atomic E-state index is 0.120. The van der Waals surface area contributed by atoms with Crippen LogP contribution < -0.4 is 10.2 Å². The van der Waals surface area contributed by atoms with Crippen LogP contribution in [0.2, 0.25) is 0 Å². The number of hydrogen-bond donors (Lipinski definition) is 2. The first-order valence-electron chi connectivity index (χ1n) is 7.58. The van der Waals surface area contributed by atoms with Crippen molar-refractivity contribution in [2.24, 2.45) is 0 Å².